The Kier molecular flexibility index (Phi) is 5.10. The summed E-state index contributed by atoms with van der Waals surface area (Å²) in [6.45, 7) is 2.82. The van der Waals surface area contributed by atoms with E-state index in [1.54, 1.807) is 0 Å². The van der Waals surface area contributed by atoms with Crippen molar-refractivity contribution in [1.82, 2.24) is 0 Å². The Morgan fingerprint density at radius 1 is 0.885 bits per heavy atom. The standard InChI is InChI=1S/C21H22Cl2N2O/c22-16-6-9-20-15(13-16)5-1-2-12-25(20)21(26)18-8-7-17(14-19(18)23)24-10-3-4-11-24/h6-9,13-14H,1-5,10-12H2. The van der Waals surface area contributed by atoms with Gasteiger partial charge in [-0.3, -0.25) is 4.79 Å². The molecule has 0 aliphatic carbocycles. The van der Waals surface area contributed by atoms with Crippen LogP contribution in [0, 0.1) is 0 Å². The smallest absolute Gasteiger partial charge is 0.259 e. The van der Waals surface area contributed by atoms with E-state index < -0.39 is 0 Å². The third-order valence-corrected chi connectivity index (χ3v) is 5.86. The van der Waals surface area contributed by atoms with Gasteiger partial charge in [-0.2, -0.15) is 0 Å². The van der Waals surface area contributed by atoms with Gasteiger partial charge in [-0.25, -0.2) is 0 Å². The first-order valence-corrected chi connectivity index (χ1v) is 10.0. The van der Waals surface area contributed by atoms with E-state index in [2.05, 4.69) is 4.90 Å². The zero-order valence-electron chi connectivity index (χ0n) is 14.7. The molecule has 0 N–H and O–H groups in total. The van der Waals surface area contributed by atoms with Crippen molar-refractivity contribution in [2.45, 2.75) is 32.1 Å². The second-order valence-corrected chi connectivity index (χ2v) is 7.89. The van der Waals surface area contributed by atoms with Crippen LogP contribution in [0.15, 0.2) is 36.4 Å². The van der Waals surface area contributed by atoms with Gasteiger partial charge in [0.05, 0.1) is 10.6 Å². The van der Waals surface area contributed by atoms with E-state index in [1.807, 2.05) is 41.3 Å². The molecule has 2 aliphatic heterocycles. The Labute approximate surface area is 164 Å². The van der Waals surface area contributed by atoms with E-state index >= 15 is 0 Å². The molecule has 26 heavy (non-hydrogen) atoms. The van der Waals surface area contributed by atoms with E-state index in [1.165, 1.54) is 12.8 Å². The molecule has 0 radical (unpaired) electrons. The van der Waals surface area contributed by atoms with E-state index in [4.69, 9.17) is 23.2 Å². The molecule has 1 saturated heterocycles. The minimum absolute atomic E-state index is 0.0338. The molecular weight excluding hydrogens is 367 g/mol. The number of rotatable bonds is 2. The Morgan fingerprint density at radius 3 is 2.42 bits per heavy atom. The number of carbonyl (C=O) groups excluding carboxylic acids is 1. The van der Waals surface area contributed by atoms with Gasteiger partial charge in [0.25, 0.3) is 5.91 Å². The lowest BCUT2D eigenvalue weighted by Gasteiger charge is -2.24. The van der Waals surface area contributed by atoms with E-state index in [-0.39, 0.29) is 5.91 Å². The van der Waals surface area contributed by atoms with Crippen LogP contribution in [0.25, 0.3) is 0 Å². The molecule has 5 heteroatoms. The molecule has 2 aromatic carbocycles. The average molecular weight is 389 g/mol. The summed E-state index contributed by atoms with van der Waals surface area (Å²) >= 11 is 12.7. The average Bonchev–Trinajstić information content (AvgIpc) is 3.09. The molecule has 2 aliphatic rings. The van der Waals surface area contributed by atoms with Gasteiger partial charge >= 0.3 is 0 Å². The van der Waals surface area contributed by atoms with Crippen molar-refractivity contribution in [1.29, 1.82) is 0 Å². The Hall–Kier alpha value is -1.71. The lowest BCUT2D eigenvalue weighted by Crippen LogP contribution is -2.32. The Bertz CT molecular complexity index is 831. The fraction of sp³-hybridized carbons (Fsp3) is 0.381. The van der Waals surface area contributed by atoms with E-state index in [0.29, 0.717) is 22.2 Å². The first-order chi connectivity index (χ1) is 12.6. The summed E-state index contributed by atoms with van der Waals surface area (Å²) in [6, 6.07) is 11.6. The number of hydrogen-bond acceptors (Lipinski definition) is 2. The van der Waals surface area contributed by atoms with Crippen LogP contribution in [0.2, 0.25) is 10.0 Å². The molecule has 0 unspecified atom stereocenters. The predicted octanol–water partition coefficient (Wildman–Crippen LogP) is 5.58. The van der Waals surface area contributed by atoms with Gasteiger partial charge in [0, 0.05) is 36.0 Å². The van der Waals surface area contributed by atoms with Gasteiger partial charge in [-0.1, -0.05) is 23.2 Å². The first-order valence-electron chi connectivity index (χ1n) is 9.28. The number of benzene rings is 2. The molecule has 1 amide bonds. The maximum atomic E-state index is 13.2. The van der Waals surface area contributed by atoms with Gasteiger partial charge in [-0.15, -0.1) is 0 Å². The first kappa shape index (κ1) is 17.7. The van der Waals surface area contributed by atoms with Crippen molar-refractivity contribution in [2.75, 3.05) is 29.4 Å². The van der Waals surface area contributed by atoms with Gasteiger partial charge < -0.3 is 9.80 Å². The second-order valence-electron chi connectivity index (χ2n) is 7.05. The number of nitrogens with zero attached hydrogens (tertiary/aromatic N) is 2. The Balaban J connectivity index is 1.65. The number of aryl methyl sites for hydroxylation is 1. The fourth-order valence-corrected chi connectivity index (χ4v) is 4.38. The van der Waals surface area contributed by atoms with Gasteiger partial charge in [0.15, 0.2) is 0 Å². The second kappa shape index (κ2) is 7.50. The summed E-state index contributed by atoms with van der Waals surface area (Å²) in [4.78, 5) is 17.4. The van der Waals surface area contributed by atoms with E-state index in [9.17, 15) is 4.79 Å². The largest absolute Gasteiger partial charge is 0.371 e. The highest BCUT2D eigenvalue weighted by Crippen LogP contribution is 2.32. The monoisotopic (exact) mass is 388 g/mol. The molecule has 0 spiro atoms. The van der Waals surface area contributed by atoms with Crippen molar-refractivity contribution < 1.29 is 4.79 Å². The molecule has 3 nitrogen and oxygen atoms in total. The molecule has 1 fully saturated rings. The van der Waals surface area contributed by atoms with Crippen LogP contribution in [0.1, 0.15) is 41.6 Å². The van der Waals surface area contributed by atoms with Crippen molar-refractivity contribution in [2.24, 2.45) is 0 Å². The van der Waals surface area contributed by atoms with Crippen molar-refractivity contribution >= 4 is 40.5 Å². The summed E-state index contributed by atoms with van der Waals surface area (Å²) in [5, 5.41) is 1.24. The number of amides is 1. The number of halogens is 2. The highest BCUT2D eigenvalue weighted by atomic mass is 35.5. The van der Waals surface area contributed by atoms with Crippen LogP contribution in [0.3, 0.4) is 0 Å². The molecule has 0 atom stereocenters. The molecule has 0 saturated carbocycles. The quantitative estimate of drug-likeness (QED) is 0.670. The van der Waals surface area contributed by atoms with E-state index in [0.717, 1.165) is 49.3 Å². The molecule has 136 valence electrons. The van der Waals surface area contributed by atoms with Gasteiger partial charge in [0.1, 0.15) is 0 Å². The normalized spacial score (nSPS) is 17.2. The maximum Gasteiger partial charge on any atom is 0.259 e. The van der Waals surface area contributed by atoms with Gasteiger partial charge in [-0.05, 0) is 74.1 Å². The molecule has 0 bridgehead atoms. The number of fused-ring (bicyclic) bond motifs is 1. The minimum Gasteiger partial charge on any atom is -0.371 e. The van der Waals surface area contributed by atoms with Gasteiger partial charge in [0.2, 0.25) is 0 Å². The highest BCUT2D eigenvalue weighted by molar-refractivity contribution is 6.35. The van der Waals surface area contributed by atoms with Crippen molar-refractivity contribution in [3.05, 3.63) is 57.6 Å². The SMILES string of the molecule is O=C(c1ccc(N2CCCC2)cc1Cl)N1CCCCc2cc(Cl)ccc21. The summed E-state index contributed by atoms with van der Waals surface area (Å²) in [7, 11) is 0. The van der Waals surface area contributed by atoms with Crippen molar-refractivity contribution in [3.8, 4) is 0 Å². The molecule has 2 aromatic rings. The summed E-state index contributed by atoms with van der Waals surface area (Å²) in [6.07, 6.45) is 5.40. The van der Waals surface area contributed by atoms with Crippen LogP contribution in [0.4, 0.5) is 11.4 Å². The zero-order chi connectivity index (χ0) is 18.1. The molecule has 2 heterocycles. The van der Waals surface area contributed by atoms with Crippen LogP contribution in [-0.4, -0.2) is 25.5 Å². The highest BCUT2D eigenvalue weighted by Gasteiger charge is 2.25. The topological polar surface area (TPSA) is 23.6 Å². The molecule has 0 aromatic heterocycles. The third-order valence-electron chi connectivity index (χ3n) is 5.31. The zero-order valence-corrected chi connectivity index (χ0v) is 16.2. The maximum absolute atomic E-state index is 13.2. The minimum atomic E-state index is -0.0338. The lowest BCUT2D eigenvalue weighted by atomic mass is 10.1. The molecular formula is C21H22Cl2N2O. The van der Waals surface area contributed by atoms with Crippen LogP contribution in [-0.2, 0) is 6.42 Å². The summed E-state index contributed by atoms with van der Waals surface area (Å²) in [5.74, 6) is -0.0338. The van der Waals surface area contributed by atoms with Crippen LogP contribution < -0.4 is 9.80 Å². The third kappa shape index (κ3) is 3.43. The fourth-order valence-electron chi connectivity index (χ4n) is 3.93. The predicted molar refractivity (Wildman–Crippen MR) is 109 cm³/mol. The summed E-state index contributed by atoms with van der Waals surface area (Å²) < 4.78 is 0. The summed E-state index contributed by atoms with van der Waals surface area (Å²) in [5.41, 5.74) is 3.76. The number of carbonyl (C=O) groups is 1. The van der Waals surface area contributed by atoms with Crippen LogP contribution >= 0.6 is 23.2 Å². The lowest BCUT2D eigenvalue weighted by molar-refractivity contribution is 0.0987. The molecule has 4 rings (SSSR count). The number of hydrogen-bond donors (Lipinski definition) is 0. The number of anilines is 2. The van der Waals surface area contributed by atoms with Crippen LogP contribution in [0.5, 0.6) is 0 Å². The van der Waals surface area contributed by atoms with Crippen molar-refractivity contribution in [3.63, 3.8) is 0 Å². The Morgan fingerprint density at radius 2 is 1.65 bits per heavy atom.